The monoisotopic (exact) mass is 317 g/mol. The molecule has 0 spiro atoms. The number of amides is 2. The van der Waals surface area contributed by atoms with E-state index in [1.165, 1.54) is 9.80 Å². The summed E-state index contributed by atoms with van der Waals surface area (Å²) in [6.07, 6.45) is 0.522. The predicted octanol–water partition coefficient (Wildman–Crippen LogP) is 0.227. The lowest BCUT2D eigenvalue weighted by Crippen LogP contribution is -2.53. The van der Waals surface area contributed by atoms with Gasteiger partial charge in [0.1, 0.15) is 0 Å². The second-order valence-electron chi connectivity index (χ2n) is 6.01. The van der Waals surface area contributed by atoms with Gasteiger partial charge >= 0.3 is 17.8 Å². The van der Waals surface area contributed by atoms with Crippen molar-refractivity contribution in [3.05, 3.63) is 29.8 Å². The molecule has 0 bridgehead atoms. The summed E-state index contributed by atoms with van der Waals surface area (Å²) in [5, 5.41) is 12.3. The third-order valence-electron chi connectivity index (χ3n) is 4.50. The average Bonchev–Trinajstić information content (AvgIpc) is 3.03. The van der Waals surface area contributed by atoms with Crippen molar-refractivity contribution >= 4 is 23.5 Å². The van der Waals surface area contributed by atoms with E-state index in [2.05, 4.69) is 5.32 Å². The van der Waals surface area contributed by atoms with E-state index >= 15 is 0 Å². The number of aliphatic carboxylic acids is 1. The number of nitrogens with zero attached hydrogens (tertiary/aromatic N) is 2. The Morgan fingerprint density at radius 3 is 2.74 bits per heavy atom. The van der Waals surface area contributed by atoms with Crippen LogP contribution in [0.3, 0.4) is 0 Å². The molecule has 2 unspecified atom stereocenters. The van der Waals surface area contributed by atoms with Crippen molar-refractivity contribution in [1.29, 1.82) is 0 Å². The Morgan fingerprint density at radius 2 is 2.04 bits per heavy atom. The molecule has 7 nitrogen and oxygen atoms in total. The van der Waals surface area contributed by atoms with E-state index in [9.17, 15) is 14.4 Å². The van der Waals surface area contributed by atoms with Crippen LogP contribution in [0.5, 0.6) is 0 Å². The molecular weight excluding hydrogens is 298 g/mol. The molecule has 0 aliphatic carbocycles. The van der Waals surface area contributed by atoms with Gasteiger partial charge in [-0.05, 0) is 24.1 Å². The second kappa shape index (κ2) is 6.00. The molecule has 2 aliphatic heterocycles. The van der Waals surface area contributed by atoms with Gasteiger partial charge in [-0.1, -0.05) is 12.1 Å². The average molecular weight is 317 g/mol. The fraction of sp³-hybridized carbons (Fsp3) is 0.438. The molecule has 2 fully saturated rings. The Hall–Kier alpha value is -2.41. The number of rotatable bonds is 3. The first-order valence-electron chi connectivity index (χ1n) is 7.60. The molecule has 1 aromatic carbocycles. The van der Waals surface area contributed by atoms with Crippen molar-refractivity contribution in [2.75, 3.05) is 31.6 Å². The molecular formula is C16H19N3O4. The summed E-state index contributed by atoms with van der Waals surface area (Å²) in [7, 11) is 1.61. The Morgan fingerprint density at radius 1 is 1.26 bits per heavy atom. The van der Waals surface area contributed by atoms with Crippen molar-refractivity contribution in [2.24, 2.45) is 5.92 Å². The van der Waals surface area contributed by atoms with Crippen LogP contribution < -0.4 is 10.2 Å². The molecule has 7 heteroatoms. The van der Waals surface area contributed by atoms with E-state index in [4.69, 9.17) is 5.11 Å². The van der Waals surface area contributed by atoms with Gasteiger partial charge in [0.2, 0.25) is 0 Å². The highest BCUT2D eigenvalue weighted by Gasteiger charge is 2.33. The molecule has 2 heterocycles. The van der Waals surface area contributed by atoms with E-state index in [-0.39, 0.29) is 6.04 Å². The van der Waals surface area contributed by atoms with Crippen LogP contribution in [-0.4, -0.2) is 54.5 Å². The Kier molecular flexibility index (Phi) is 4.04. The number of benzene rings is 1. The van der Waals surface area contributed by atoms with Crippen molar-refractivity contribution in [3.63, 3.8) is 0 Å². The Balaban J connectivity index is 1.79. The van der Waals surface area contributed by atoms with E-state index in [0.717, 1.165) is 5.56 Å². The van der Waals surface area contributed by atoms with Crippen molar-refractivity contribution in [1.82, 2.24) is 10.2 Å². The van der Waals surface area contributed by atoms with Gasteiger partial charge in [-0.25, -0.2) is 0 Å². The maximum Gasteiger partial charge on any atom is 0.316 e. The summed E-state index contributed by atoms with van der Waals surface area (Å²) < 4.78 is 0. The molecule has 2 N–H and O–H groups in total. The van der Waals surface area contributed by atoms with Crippen LogP contribution in [0.15, 0.2) is 24.3 Å². The minimum Gasteiger partial charge on any atom is -0.481 e. The number of hydrogen-bond acceptors (Lipinski definition) is 4. The molecule has 0 aromatic heterocycles. The molecule has 2 aliphatic rings. The van der Waals surface area contributed by atoms with Crippen LogP contribution in [0.25, 0.3) is 0 Å². The first kappa shape index (κ1) is 15.5. The quantitative estimate of drug-likeness (QED) is 0.779. The van der Waals surface area contributed by atoms with Crippen molar-refractivity contribution in [2.45, 2.75) is 12.5 Å². The summed E-state index contributed by atoms with van der Waals surface area (Å²) in [6, 6.07) is 7.35. The van der Waals surface area contributed by atoms with Crippen LogP contribution in [0.2, 0.25) is 0 Å². The number of carboxylic acids is 1. The smallest absolute Gasteiger partial charge is 0.316 e. The van der Waals surface area contributed by atoms with Crippen molar-refractivity contribution < 1.29 is 19.5 Å². The summed E-state index contributed by atoms with van der Waals surface area (Å²) >= 11 is 0. The summed E-state index contributed by atoms with van der Waals surface area (Å²) in [4.78, 5) is 37.9. The minimum atomic E-state index is -0.795. The van der Waals surface area contributed by atoms with E-state index in [1.807, 2.05) is 18.2 Å². The van der Waals surface area contributed by atoms with Gasteiger partial charge in [-0.3, -0.25) is 14.4 Å². The van der Waals surface area contributed by atoms with Crippen LogP contribution >= 0.6 is 0 Å². The fourth-order valence-corrected chi connectivity index (χ4v) is 3.07. The lowest BCUT2D eigenvalue weighted by atomic mass is 9.99. The molecule has 2 amide bonds. The highest BCUT2D eigenvalue weighted by Crippen LogP contribution is 2.30. The first-order chi connectivity index (χ1) is 11.0. The van der Waals surface area contributed by atoms with Gasteiger partial charge in [0.05, 0.1) is 5.92 Å². The van der Waals surface area contributed by atoms with Gasteiger partial charge in [0.15, 0.2) is 0 Å². The number of piperazine rings is 1. The lowest BCUT2D eigenvalue weighted by molar-refractivity contribution is -0.145. The predicted molar refractivity (Wildman–Crippen MR) is 82.9 cm³/mol. The molecule has 1 aromatic rings. The van der Waals surface area contributed by atoms with Gasteiger partial charge in [-0.2, -0.15) is 0 Å². The number of carbonyl (C=O) groups excluding carboxylic acids is 2. The van der Waals surface area contributed by atoms with E-state index in [1.54, 1.807) is 13.1 Å². The normalized spacial score (nSPS) is 25.1. The minimum absolute atomic E-state index is 0.0469. The Bertz CT molecular complexity index is 660. The Labute approximate surface area is 133 Å². The molecule has 0 radical (unpaired) electrons. The van der Waals surface area contributed by atoms with Crippen molar-refractivity contribution in [3.8, 4) is 0 Å². The highest BCUT2D eigenvalue weighted by molar-refractivity contribution is 6.40. The molecule has 23 heavy (non-hydrogen) atoms. The third kappa shape index (κ3) is 2.92. The number of nitrogens with one attached hydrogen (secondary N) is 1. The lowest BCUT2D eigenvalue weighted by Gasteiger charge is -2.31. The van der Waals surface area contributed by atoms with Gasteiger partial charge < -0.3 is 20.2 Å². The summed E-state index contributed by atoms with van der Waals surface area (Å²) in [6.45, 7) is 1.40. The molecule has 3 rings (SSSR count). The standard InChI is InChI=1S/C16H19N3O4/c1-18-5-6-19(15(21)14(18)20)12-4-2-3-10(7-12)13-8-11(9-17-13)16(22)23/h2-4,7,11,13,17H,5-6,8-9H2,1H3,(H,22,23). The largest absolute Gasteiger partial charge is 0.481 e. The fourth-order valence-electron chi connectivity index (χ4n) is 3.07. The maximum atomic E-state index is 12.2. The SMILES string of the molecule is CN1CCN(c2cccc(C3CC(C(=O)O)CN3)c2)C(=O)C1=O. The molecule has 122 valence electrons. The summed E-state index contributed by atoms with van der Waals surface area (Å²) in [5.74, 6) is -2.23. The van der Waals surface area contributed by atoms with E-state index in [0.29, 0.717) is 31.7 Å². The van der Waals surface area contributed by atoms with Gasteiger partial charge in [0, 0.05) is 38.4 Å². The second-order valence-corrected chi connectivity index (χ2v) is 6.01. The summed E-state index contributed by atoms with van der Waals surface area (Å²) in [5.41, 5.74) is 1.61. The number of carboxylic acid groups (broad SMARTS) is 1. The topological polar surface area (TPSA) is 89.9 Å². The number of likely N-dealkylation sites (N-methyl/N-ethyl adjacent to an activating group) is 1. The molecule has 2 atom stereocenters. The zero-order valence-electron chi connectivity index (χ0n) is 12.9. The molecule has 2 saturated heterocycles. The third-order valence-corrected chi connectivity index (χ3v) is 4.50. The van der Waals surface area contributed by atoms with Crippen LogP contribution in [0.1, 0.15) is 18.0 Å². The van der Waals surface area contributed by atoms with E-state index < -0.39 is 23.7 Å². The van der Waals surface area contributed by atoms with Crippen LogP contribution in [0.4, 0.5) is 5.69 Å². The van der Waals surface area contributed by atoms with Crippen LogP contribution in [0, 0.1) is 5.92 Å². The zero-order chi connectivity index (χ0) is 16.6. The zero-order valence-corrected chi connectivity index (χ0v) is 12.9. The van der Waals surface area contributed by atoms with Gasteiger partial charge in [0.25, 0.3) is 0 Å². The number of carbonyl (C=O) groups is 3. The highest BCUT2D eigenvalue weighted by atomic mass is 16.4. The van der Waals surface area contributed by atoms with Crippen LogP contribution in [-0.2, 0) is 14.4 Å². The number of hydrogen-bond donors (Lipinski definition) is 2. The molecule has 0 saturated carbocycles. The maximum absolute atomic E-state index is 12.2. The first-order valence-corrected chi connectivity index (χ1v) is 7.60. The number of anilines is 1. The van der Waals surface area contributed by atoms with Gasteiger partial charge in [-0.15, -0.1) is 0 Å².